The van der Waals surface area contributed by atoms with Gasteiger partial charge in [-0.15, -0.1) is 0 Å². The summed E-state index contributed by atoms with van der Waals surface area (Å²) in [4.78, 5) is 26.0. The average molecular weight is 311 g/mol. The highest BCUT2D eigenvalue weighted by molar-refractivity contribution is 6.33. The smallest absolute Gasteiger partial charge is 0.310 e. The third-order valence-corrected chi connectivity index (χ3v) is 3.94. The number of nitrogens with zero attached hydrogens (tertiary/aromatic N) is 1. The van der Waals surface area contributed by atoms with Gasteiger partial charge in [-0.2, -0.15) is 0 Å². The van der Waals surface area contributed by atoms with Crippen molar-refractivity contribution in [3.05, 3.63) is 28.8 Å². The molecule has 0 bridgehead atoms. The van der Waals surface area contributed by atoms with E-state index < -0.39 is 0 Å². The zero-order valence-corrected chi connectivity index (χ0v) is 12.7. The van der Waals surface area contributed by atoms with Crippen molar-refractivity contribution < 1.29 is 14.3 Å². The van der Waals surface area contributed by atoms with Crippen LogP contribution in [-0.4, -0.2) is 36.5 Å². The number of ether oxygens (including phenoxy) is 1. The number of halogens is 1. The molecule has 5 nitrogen and oxygen atoms in total. The number of carbonyl (C=O) groups is 2. The molecule has 6 heteroatoms. The van der Waals surface area contributed by atoms with Crippen molar-refractivity contribution in [1.29, 1.82) is 0 Å². The van der Waals surface area contributed by atoms with Gasteiger partial charge in [0.25, 0.3) is 5.91 Å². The molecule has 0 aromatic heterocycles. The van der Waals surface area contributed by atoms with Crippen LogP contribution >= 0.6 is 11.6 Å². The average Bonchev–Trinajstić information content (AvgIpc) is 2.50. The maximum atomic E-state index is 12.5. The summed E-state index contributed by atoms with van der Waals surface area (Å²) in [5.74, 6) is -0.693. The fourth-order valence-corrected chi connectivity index (χ4v) is 2.68. The molecular formula is C15H19ClN2O3. The highest BCUT2D eigenvalue weighted by Crippen LogP contribution is 2.26. The first kappa shape index (κ1) is 15.6. The number of esters is 1. The van der Waals surface area contributed by atoms with Gasteiger partial charge in [0.1, 0.15) is 0 Å². The van der Waals surface area contributed by atoms with E-state index >= 15 is 0 Å². The second kappa shape index (κ2) is 6.80. The third-order valence-electron chi connectivity index (χ3n) is 3.61. The molecule has 1 amide bonds. The molecule has 0 saturated carbocycles. The van der Waals surface area contributed by atoms with Crippen LogP contribution in [0.5, 0.6) is 0 Å². The van der Waals surface area contributed by atoms with Gasteiger partial charge in [0, 0.05) is 13.1 Å². The zero-order chi connectivity index (χ0) is 15.4. The standard InChI is InChI=1S/C15H19ClN2O3/c1-2-21-15(20)10-5-4-8-18(9-10)14(19)11-6-3-7-12(16)13(11)17/h3,6-7,10H,2,4-5,8-9,17H2,1H3. The second-order valence-corrected chi connectivity index (χ2v) is 5.45. The first-order valence-corrected chi connectivity index (χ1v) is 7.42. The molecule has 1 aromatic carbocycles. The van der Waals surface area contributed by atoms with Crippen molar-refractivity contribution in [2.45, 2.75) is 19.8 Å². The second-order valence-electron chi connectivity index (χ2n) is 5.04. The van der Waals surface area contributed by atoms with Crippen LogP contribution in [0.25, 0.3) is 0 Å². The van der Waals surface area contributed by atoms with Gasteiger partial charge < -0.3 is 15.4 Å². The first-order valence-electron chi connectivity index (χ1n) is 7.04. The number of piperidine rings is 1. The Labute approximate surface area is 129 Å². The Hall–Kier alpha value is -1.75. The Balaban J connectivity index is 2.12. The summed E-state index contributed by atoms with van der Waals surface area (Å²) in [6.07, 6.45) is 1.52. The minimum atomic E-state index is -0.261. The Kier molecular flexibility index (Phi) is 5.07. The molecular weight excluding hydrogens is 292 g/mol. The quantitative estimate of drug-likeness (QED) is 0.687. The molecule has 0 radical (unpaired) electrons. The molecule has 0 aliphatic carbocycles. The Bertz CT molecular complexity index is 548. The third kappa shape index (κ3) is 3.47. The van der Waals surface area contributed by atoms with E-state index in [2.05, 4.69) is 0 Å². The van der Waals surface area contributed by atoms with E-state index in [1.54, 1.807) is 30.0 Å². The summed E-state index contributed by atoms with van der Waals surface area (Å²) in [5, 5.41) is 0.361. The van der Waals surface area contributed by atoms with Crippen LogP contribution in [0.1, 0.15) is 30.1 Å². The van der Waals surface area contributed by atoms with Gasteiger partial charge in [-0.25, -0.2) is 0 Å². The Morgan fingerprint density at radius 1 is 1.48 bits per heavy atom. The van der Waals surface area contributed by atoms with Crippen molar-refractivity contribution in [2.75, 3.05) is 25.4 Å². The predicted octanol–water partition coefficient (Wildman–Crippen LogP) is 2.34. The van der Waals surface area contributed by atoms with E-state index in [4.69, 9.17) is 22.1 Å². The van der Waals surface area contributed by atoms with Crippen LogP contribution in [0.15, 0.2) is 18.2 Å². The molecule has 1 aliphatic heterocycles. The van der Waals surface area contributed by atoms with E-state index in [-0.39, 0.29) is 23.5 Å². The Morgan fingerprint density at radius 3 is 2.95 bits per heavy atom. The molecule has 1 fully saturated rings. The van der Waals surface area contributed by atoms with Crippen LogP contribution in [0.4, 0.5) is 5.69 Å². The number of carbonyl (C=O) groups excluding carboxylic acids is 2. The van der Waals surface area contributed by atoms with Gasteiger partial charge in [0.15, 0.2) is 0 Å². The number of hydrogen-bond acceptors (Lipinski definition) is 4. The lowest BCUT2D eigenvalue weighted by Gasteiger charge is -2.31. The maximum Gasteiger partial charge on any atom is 0.310 e. The molecule has 0 spiro atoms. The van der Waals surface area contributed by atoms with Crippen LogP contribution < -0.4 is 5.73 Å². The molecule has 1 unspecified atom stereocenters. The highest BCUT2D eigenvalue weighted by atomic mass is 35.5. The van der Waals surface area contributed by atoms with Crippen molar-refractivity contribution in [1.82, 2.24) is 4.90 Å². The SMILES string of the molecule is CCOC(=O)C1CCCN(C(=O)c2cccc(Cl)c2N)C1. The summed E-state index contributed by atoms with van der Waals surface area (Å²) >= 11 is 5.95. The summed E-state index contributed by atoms with van der Waals surface area (Å²) in [6.45, 7) is 3.10. The molecule has 1 saturated heterocycles. The summed E-state index contributed by atoms with van der Waals surface area (Å²) < 4.78 is 5.04. The van der Waals surface area contributed by atoms with Crippen LogP contribution in [0.2, 0.25) is 5.02 Å². The number of anilines is 1. The molecule has 114 valence electrons. The largest absolute Gasteiger partial charge is 0.466 e. The fraction of sp³-hybridized carbons (Fsp3) is 0.467. The molecule has 1 atom stereocenters. The summed E-state index contributed by atoms with van der Waals surface area (Å²) in [5.41, 5.74) is 6.52. The zero-order valence-electron chi connectivity index (χ0n) is 12.0. The first-order chi connectivity index (χ1) is 10.0. The maximum absolute atomic E-state index is 12.5. The van der Waals surface area contributed by atoms with E-state index in [0.29, 0.717) is 30.3 Å². The van der Waals surface area contributed by atoms with Gasteiger partial charge in [0.2, 0.25) is 0 Å². The van der Waals surface area contributed by atoms with Gasteiger partial charge >= 0.3 is 5.97 Å². The van der Waals surface area contributed by atoms with E-state index in [9.17, 15) is 9.59 Å². The molecule has 1 heterocycles. The molecule has 1 aliphatic rings. The lowest BCUT2D eigenvalue weighted by atomic mass is 9.97. The minimum absolute atomic E-state index is 0.191. The molecule has 1 aromatic rings. The molecule has 21 heavy (non-hydrogen) atoms. The number of rotatable bonds is 3. The summed E-state index contributed by atoms with van der Waals surface area (Å²) in [7, 11) is 0. The highest BCUT2D eigenvalue weighted by Gasteiger charge is 2.30. The normalized spacial score (nSPS) is 18.4. The lowest BCUT2D eigenvalue weighted by molar-refractivity contribution is -0.149. The fourth-order valence-electron chi connectivity index (χ4n) is 2.51. The lowest BCUT2D eigenvalue weighted by Crippen LogP contribution is -2.43. The number of nitrogens with two attached hydrogens (primary N) is 1. The van der Waals surface area contributed by atoms with Crippen molar-refractivity contribution in [2.24, 2.45) is 5.92 Å². The molecule has 2 rings (SSSR count). The van der Waals surface area contributed by atoms with Gasteiger partial charge in [-0.1, -0.05) is 17.7 Å². The van der Waals surface area contributed by atoms with Gasteiger partial charge in [0.05, 0.1) is 28.8 Å². The number of amides is 1. The van der Waals surface area contributed by atoms with E-state index in [1.165, 1.54) is 0 Å². The van der Waals surface area contributed by atoms with Crippen molar-refractivity contribution in [3.63, 3.8) is 0 Å². The summed E-state index contributed by atoms with van der Waals surface area (Å²) in [6, 6.07) is 4.99. The van der Waals surface area contributed by atoms with E-state index in [0.717, 1.165) is 12.8 Å². The monoisotopic (exact) mass is 310 g/mol. The Morgan fingerprint density at radius 2 is 2.24 bits per heavy atom. The molecule has 2 N–H and O–H groups in total. The number of benzene rings is 1. The van der Waals surface area contributed by atoms with Crippen molar-refractivity contribution in [3.8, 4) is 0 Å². The topological polar surface area (TPSA) is 72.6 Å². The van der Waals surface area contributed by atoms with Crippen LogP contribution in [-0.2, 0) is 9.53 Å². The number of para-hydroxylation sites is 1. The number of likely N-dealkylation sites (tertiary alicyclic amines) is 1. The minimum Gasteiger partial charge on any atom is -0.466 e. The van der Waals surface area contributed by atoms with Crippen LogP contribution in [0.3, 0.4) is 0 Å². The number of hydrogen-bond donors (Lipinski definition) is 1. The van der Waals surface area contributed by atoms with E-state index in [1.807, 2.05) is 0 Å². The van der Waals surface area contributed by atoms with Crippen molar-refractivity contribution >= 4 is 29.2 Å². The van der Waals surface area contributed by atoms with Gasteiger partial charge in [-0.3, -0.25) is 9.59 Å². The van der Waals surface area contributed by atoms with Crippen LogP contribution in [0, 0.1) is 5.92 Å². The van der Waals surface area contributed by atoms with Gasteiger partial charge in [-0.05, 0) is 31.9 Å². The number of nitrogen functional groups attached to an aromatic ring is 1. The predicted molar refractivity (Wildman–Crippen MR) is 81.1 cm³/mol.